The van der Waals surface area contributed by atoms with E-state index in [4.69, 9.17) is 0 Å². The van der Waals surface area contributed by atoms with Gasteiger partial charge in [-0.2, -0.15) is 37.9 Å². The third-order valence-corrected chi connectivity index (χ3v) is 4.10. The molecule has 0 aromatic carbocycles. The minimum atomic E-state index is -3.02. The number of thiol groups is 3. The first-order valence-corrected chi connectivity index (χ1v) is 8.28. The van der Waals surface area contributed by atoms with Gasteiger partial charge in [0.25, 0.3) is 23.4 Å². The minimum Gasteiger partial charge on any atom is -0.355 e. The van der Waals surface area contributed by atoms with E-state index < -0.39 is 46.9 Å². The summed E-state index contributed by atoms with van der Waals surface area (Å²) in [6.45, 7) is 0. The first-order chi connectivity index (χ1) is 10.6. The molecule has 0 aliphatic heterocycles. The second kappa shape index (κ2) is 9.55. The molecule has 3 atom stereocenters. The highest BCUT2D eigenvalue weighted by Gasteiger charge is 2.47. The quantitative estimate of drug-likeness (QED) is 0.196. The fourth-order valence-electron chi connectivity index (χ4n) is 1.40. The molecule has 0 aromatic rings. The van der Waals surface area contributed by atoms with E-state index in [1.54, 1.807) is 5.32 Å². The first-order valence-electron chi connectivity index (χ1n) is 6.38. The van der Waals surface area contributed by atoms with Gasteiger partial charge in [-0.3, -0.25) is 14.4 Å². The molecule has 0 unspecified atom stereocenters. The van der Waals surface area contributed by atoms with Crippen LogP contribution in [0.4, 0.5) is 8.78 Å². The normalized spacial score (nSPS) is 17.3. The van der Waals surface area contributed by atoms with E-state index in [-0.39, 0.29) is 5.75 Å². The Morgan fingerprint density at radius 2 is 1.43 bits per heavy atom. The van der Waals surface area contributed by atoms with E-state index in [2.05, 4.69) is 43.2 Å². The van der Waals surface area contributed by atoms with Gasteiger partial charge in [0.05, 0.1) is 17.5 Å². The number of halogens is 2. The van der Waals surface area contributed by atoms with E-state index in [0.717, 1.165) is 7.05 Å². The summed E-state index contributed by atoms with van der Waals surface area (Å²) in [6, 6.07) is -0.875. The molecule has 0 bridgehead atoms. The number of rotatable bonds is 9. The van der Waals surface area contributed by atoms with Crippen LogP contribution in [0, 0.1) is 0 Å². The zero-order valence-corrected chi connectivity index (χ0v) is 15.2. The van der Waals surface area contributed by atoms with Gasteiger partial charge in [0, 0.05) is 12.8 Å². The molecule has 4 N–H and O–H groups in total. The molecule has 0 aliphatic carbocycles. The Morgan fingerprint density at radius 3 is 1.78 bits per heavy atom. The summed E-state index contributed by atoms with van der Waals surface area (Å²) in [4.78, 5) is 35.3. The highest BCUT2D eigenvalue weighted by Crippen LogP contribution is 2.16. The van der Waals surface area contributed by atoms with Crippen LogP contribution in [-0.2, 0) is 14.4 Å². The molecule has 0 radical (unpaired) electrons. The summed E-state index contributed by atoms with van der Waals surface area (Å²) in [5.41, 5.74) is 0. The van der Waals surface area contributed by atoms with Crippen molar-refractivity contribution in [2.75, 3.05) is 31.4 Å². The van der Waals surface area contributed by atoms with Gasteiger partial charge in [-0.1, -0.05) is 0 Å². The lowest BCUT2D eigenvalue weighted by Crippen LogP contribution is -2.66. The number of hydrogen-bond acceptors (Lipinski definition) is 7. The third-order valence-electron chi connectivity index (χ3n) is 2.86. The monoisotopic (exact) mass is 390 g/mol. The van der Waals surface area contributed by atoms with Gasteiger partial charge in [-0.15, -0.1) is 0 Å². The SMILES string of the molecule is CNC(=O)[C@](F)(CS)NC(=O)[C@](F)(CS)NC(=O)[C@H](CS)NC. The van der Waals surface area contributed by atoms with E-state index in [1.807, 2.05) is 10.6 Å². The van der Waals surface area contributed by atoms with Crippen molar-refractivity contribution in [3.05, 3.63) is 0 Å². The zero-order chi connectivity index (χ0) is 18.3. The summed E-state index contributed by atoms with van der Waals surface area (Å²) in [5.74, 6) is -11.1. The van der Waals surface area contributed by atoms with Gasteiger partial charge in [0.2, 0.25) is 5.91 Å². The summed E-state index contributed by atoms with van der Waals surface area (Å²) in [7, 11) is 2.58. The molecule has 3 amide bonds. The van der Waals surface area contributed by atoms with Crippen molar-refractivity contribution in [3.63, 3.8) is 0 Å². The Labute approximate surface area is 149 Å². The largest absolute Gasteiger partial charge is 0.355 e. The molecular weight excluding hydrogens is 370 g/mol. The van der Waals surface area contributed by atoms with Crippen LogP contribution in [0.2, 0.25) is 0 Å². The molecule has 0 aromatic heterocycles. The van der Waals surface area contributed by atoms with E-state index in [9.17, 15) is 23.2 Å². The van der Waals surface area contributed by atoms with Crippen LogP contribution >= 0.6 is 37.9 Å². The summed E-state index contributed by atoms with van der Waals surface area (Å²) >= 11 is 11.2. The van der Waals surface area contributed by atoms with Gasteiger partial charge >= 0.3 is 0 Å². The van der Waals surface area contributed by atoms with Crippen molar-refractivity contribution < 1.29 is 23.2 Å². The lowest BCUT2D eigenvalue weighted by atomic mass is 10.2. The third kappa shape index (κ3) is 5.69. The fraction of sp³-hybridized carbons (Fsp3) is 0.727. The molecule has 0 heterocycles. The van der Waals surface area contributed by atoms with Gasteiger partial charge in [-0.05, 0) is 7.05 Å². The molecule has 23 heavy (non-hydrogen) atoms. The van der Waals surface area contributed by atoms with Crippen molar-refractivity contribution >= 4 is 55.6 Å². The maximum absolute atomic E-state index is 14.6. The van der Waals surface area contributed by atoms with Crippen LogP contribution in [0.3, 0.4) is 0 Å². The van der Waals surface area contributed by atoms with Crippen LogP contribution in [0.15, 0.2) is 0 Å². The average Bonchev–Trinajstić information content (AvgIpc) is 2.54. The van der Waals surface area contributed by atoms with Crippen LogP contribution in [-0.4, -0.2) is 66.7 Å². The van der Waals surface area contributed by atoms with Crippen molar-refractivity contribution in [1.29, 1.82) is 0 Å². The number of nitrogens with one attached hydrogen (secondary N) is 4. The van der Waals surface area contributed by atoms with Crippen LogP contribution in [0.1, 0.15) is 0 Å². The maximum atomic E-state index is 14.6. The fourth-order valence-corrected chi connectivity index (χ4v) is 2.19. The standard InChI is InChI=1S/C11H20F2N4O3S3/c1-14-6(3-21)7(18)16-11(13,5-23)9(20)17-10(12,4-22)8(19)15-2/h6,14,21-23H,3-5H2,1-2H3,(H,15,19)(H,16,18)(H,17,20)/t6-,10-,11-/m0/s1. The van der Waals surface area contributed by atoms with Crippen molar-refractivity contribution in [3.8, 4) is 0 Å². The van der Waals surface area contributed by atoms with Gasteiger partial charge in [0.1, 0.15) is 0 Å². The molecule has 0 saturated heterocycles. The molecule has 0 saturated carbocycles. The molecule has 0 aliphatic rings. The number of carbonyl (C=O) groups is 3. The van der Waals surface area contributed by atoms with Gasteiger partial charge < -0.3 is 21.3 Å². The smallest absolute Gasteiger partial charge is 0.282 e. The highest BCUT2D eigenvalue weighted by atomic mass is 32.1. The average molecular weight is 391 g/mol. The van der Waals surface area contributed by atoms with Crippen LogP contribution < -0.4 is 21.3 Å². The molecule has 0 spiro atoms. The van der Waals surface area contributed by atoms with Crippen molar-refractivity contribution in [2.24, 2.45) is 0 Å². The minimum absolute atomic E-state index is 0.0362. The van der Waals surface area contributed by atoms with Crippen molar-refractivity contribution in [2.45, 2.75) is 17.6 Å². The van der Waals surface area contributed by atoms with Crippen LogP contribution in [0.5, 0.6) is 0 Å². The Hall–Kier alpha value is -0.720. The first kappa shape index (κ1) is 22.3. The maximum Gasteiger partial charge on any atom is 0.282 e. The zero-order valence-electron chi connectivity index (χ0n) is 12.5. The number of amides is 3. The van der Waals surface area contributed by atoms with Crippen LogP contribution in [0.25, 0.3) is 0 Å². The van der Waals surface area contributed by atoms with Crippen molar-refractivity contribution in [1.82, 2.24) is 21.3 Å². The highest BCUT2D eigenvalue weighted by molar-refractivity contribution is 7.80. The number of alkyl halides is 2. The van der Waals surface area contributed by atoms with E-state index >= 15 is 0 Å². The van der Waals surface area contributed by atoms with Gasteiger partial charge in [-0.25, -0.2) is 8.78 Å². The predicted octanol–water partition coefficient (Wildman–Crippen LogP) is -1.33. The summed E-state index contributed by atoms with van der Waals surface area (Å²) < 4.78 is 28.9. The molecule has 0 rings (SSSR count). The summed E-state index contributed by atoms with van der Waals surface area (Å²) in [5, 5.41) is 7.96. The Kier molecular flexibility index (Phi) is 9.25. The van der Waals surface area contributed by atoms with E-state index in [1.165, 1.54) is 7.05 Å². The molecule has 134 valence electrons. The second-order valence-electron chi connectivity index (χ2n) is 4.46. The Bertz CT molecular complexity index is 456. The second-order valence-corrected chi connectivity index (χ2v) is 5.46. The number of carbonyl (C=O) groups excluding carboxylic acids is 3. The lowest BCUT2D eigenvalue weighted by molar-refractivity contribution is -0.147. The Morgan fingerprint density at radius 1 is 0.957 bits per heavy atom. The summed E-state index contributed by atoms with van der Waals surface area (Å²) in [6.07, 6.45) is 0. The molecule has 0 fully saturated rings. The van der Waals surface area contributed by atoms with E-state index in [0.29, 0.717) is 0 Å². The number of likely N-dealkylation sites (N-methyl/N-ethyl adjacent to an activating group) is 2. The number of hydrogen-bond donors (Lipinski definition) is 7. The molecule has 12 heteroatoms. The molecular formula is C11H20F2N4O3S3. The topological polar surface area (TPSA) is 99.3 Å². The van der Waals surface area contributed by atoms with Gasteiger partial charge in [0.15, 0.2) is 0 Å². The molecule has 7 nitrogen and oxygen atoms in total. The predicted molar refractivity (Wildman–Crippen MR) is 92.4 cm³/mol. The Balaban J connectivity index is 5.23. The lowest BCUT2D eigenvalue weighted by Gasteiger charge is -2.30.